The zero-order valence-corrected chi connectivity index (χ0v) is 16.9. The zero-order valence-electron chi connectivity index (χ0n) is 16.1. The molecule has 1 saturated heterocycles. The van der Waals surface area contributed by atoms with Crippen LogP contribution in [0.2, 0.25) is 0 Å². The Hall–Kier alpha value is -2.38. The molecule has 0 radical (unpaired) electrons. The molecule has 0 atom stereocenters. The largest absolute Gasteiger partial charge is 0.348 e. The summed E-state index contributed by atoms with van der Waals surface area (Å²) in [6.07, 6.45) is 7.27. The number of anilines is 1. The van der Waals surface area contributed by atoms with Gasteiger partial charge in [-0.15, -0.1) is 11.8 Å². The van der Waals surface area contributed by atoms with Crippen LogP contribution in [0.3, 0.4) is 0 Å². The molecule has 0 unspecified atom stereocenters. The van der Waals surface area contributed by atoms with Gasteiger partial charge in [0.15, 0.2) is 0 Å². The Kier molecular flexibility index (Phi) is 7.45. The molecule has 0 aliphatic carbocycles. The number of benzene rings is 1. The van der Waals surface area contributed by atoms with Gasteiger partial charge in [0.2, 0.25) is 0 Å². The molecule has 0 saturated carbocycles. The maximum absolute atomic E-state index is 12.0. The van der Waals surface area contributed by atoms with E-state index in [1.165, 1.54) is 16.7 Å². The number of hydrogen-bond donors (Lipinski definition) is 2. The number of aromatic nitrogens is 1. The maximum atomic E-state index is 12.0. The summed E-state index contributed by atoms with van der Waals surface area (Å²) in [6.45, 7) is 3.51. The molecule has 3 rings (SSSR count). The summed E-state index contributed by atoms with van der Waals surface area (Å²) in [4.78, 5) is 31.7. The molecule has 1 aromatic heterocycles. The molecule has 1 fully saturated rings. The Morgan fingerprint density at radius 1 is 1.14 bits per heavy atom. The van der Waals surface area contributed by atoms with Gasteiger partial charge in [-0.25, -0.2) is 0 Å². The van der Waals surface area contributed by atoms with Gasteiger partial charge >= 0.3 is 11.8 Å². The quantitative estimate of drug-likeness (QED) is 0.578. The van der Waals surface area contributed by atoms with E-state index in [1.54, 1.807) is 30.1 Å². The van der Waals surface area contributed by atoms with Crippen LogP contribution in [0.4, 0.5) is 5.69 Å². The van der Waals surface area contributed by atoms with Crippen molar-refractivity contribution >= 4 is 29.3 Å². The normalized spacial score (nSPS) is 15.2. The number of thioether (sulfide) groups is 1. The van der Waals surface area contributed by atoms with Gasteiger partial charge in [-0.1, -0.05) is 18.2 Å². The van der Waals surface area contributed by atoms with Crippen LogP contribution in [0.15, 0.2) is 53.7 Å². The van der Waals surface area contributed by atoms with E-state index in [0.29, 0.717) is 18.2 Å². The minimum atomic E-state index is -0.654. The third kappa shape index (κ3) is 5.81. The van der Waals surface area contributed by atoms with Crippen LogP contribution >= 0.6 is 11.8 Å². The summed E-state index contributed by atoms with van der Waals surface area (Å²) in [5.74, 6) is -0.846. The van der Waals surface area contributed by atoms with Gasteiger partial charge in [-0.05, 0) is 61.9 Å². The van der Waals surface area contributed by atoms with Gasteiger partial charge < -0.3 is 10.6 Å². The number of rotatable bonds is 6. The topological polar surface area (TPSA) is 74.3 Å². The van der Waals surface area contributed by atoms with E-state index in [-0.39, 0.29) is 0 Å². The standard InChI is InChI=1S/C21H26N4O2S/c1-28-19-7-3-2-5-17(19)15-25-11-8-16(9-12-25)13-23-20(26)21(27)24-18-6-4-10-22-14-18/h2-7,10,14,16H,8-9,11-13,15H2,1H3,(H,23,26)(H,24,27). The second-order valence-electron chi connectivity index (χ2n) is 6.94. The van der Waals surface area contributed by atoms with Gasteiger partial charge in [0.05, 0.1) is 11.9 Å². The van der Waals surface area contributed by atoms with Gasteiger partial charge in [-0.2, -0.15) is 0 Å². The van der Waals surface area contributed by atoms with Crippen LogP contribution in [-0.2, 0) is 16.1 Å². The Morgan fingerprint density at radius 2 is 1.93 bits per heavy atom. The van der Waals surface area contributed by atoms with Crippen molar-refractivity contribution in [1.82, 2.24) is 15.2 Å². The minimum absolute atomic E-state index is 0.405. The van der Waals surface area contributed by atoms with Crippen molar-refractivity contribution in [1.29, 1.82) is 0 Å². The molecule has 2 N–H and O–H groups in total. The van der Waals surface area contributed by atoms with Crippen molar-refractivity contribution in [2.45, 2.75) is 24.3 Å². The Morgan fingerprint density at radius 3 is 2.64 bits per heavy atom. The molecule has 28 heavy (non-hydrogen) atoms. The predicted molar refractivity (Wildman–Crippen MR) is 112 cm³/mol. The van der Waals surface area contributed by atoms with Crippen molar-refractivity contribution in [2.24, 2.45) is 5.92 Å². The third-order valence-corrected chi connectivity index (χ3v) is 5.81. The summed E-state index contributed by atoms with van der Waals surface area (Å²) in [5.41, 5.74) is 1.88. The van der Waals surface area contributed by atoms with Crippen LogP contribution < -0.4 is 10.6 Å². The minimum Gasteiger partial charge on any atom is -0.348 e. The Labute approximate surface area is 170 Å². The molecule has 2 heterocycles. The molecule has 2 aromatic rings. The van der Waals surface area contributed by atoms with E-state index < -0.39 is 11.8 Å². The molecular weight excluding hydrogens is 372 g/mol. The summed E-state index contributed by atoms with van der Waals surface area (Å²) < 4.78 is 0. The first kappa shape index (κ1) is 20.4. The van der Waals surface area contributed by atoms with Crippen molar-refractivity contribution in [2.75, 3.05) is 31.2 Å². The Balaban J connectivity index is 1.39. The predicted octanol–water partition coefficient (Wildman–Crippen LogP) is 2.77. The smallest absolute Gasteiger partial charge is 0.313 e. The molecule has 1 aromatic carbocycles. The molecule has 7 heteroatoms. The number of carbonyl (C=O) groups excluding carboxylic acids is 2. The lowest BCUT2D eigenvalue weighted by molar-refractivity contribution is -0.136. The van der Waals surface area contributed by atoms with Crippen molar-refractivity contribution in [3.63, 3.8) is 0 Å². The fraction of sp³-hybridized carbons (Fsp3) is 0.381. The van der Waals surface area contributed by atoms with Crippen LogP contribution in [0.25, 0.3) is 0 Å². The number of pyridine rings is 1. The molecule has 1 aliphatic heterocycles. The van der Waals surface area contributed by atoms with E-state index in [1.807, 2.05) is 0 Å². The second-order valence-corrected chi connectivity index (χ2v) is 7.79. The summed E-state index contributed by atoms with van der Waals surface area (Å²) in [7, 11) is 0. The van der Waals surface area contributed by atoms with Crippen LogP contribution in [0, 0.1) is 5.92 Å². The van der Waals surface area contributed by atoms with Crippen molar-refractivity contribution in [3.8, 4) is 0 Å². The van der Waals surface area contributed by atoms with E-state index in [9.17, 15) is 9.59 Å². The van der Waals surface area contributed by atoms with Crippen LogP contribution in [0.1, 0.15) is 18.4 Å². The highest BCUT2D eigenvalue weighted by atomic mass is 32.2. The monoisotopic (exact) mass is 398 g/mol. The lowest BCUT2D eigenvalue weighted by Gasteiger charge is -2.32. The average molecular weight is 399 g/mol. The fourth-order valence-corrected chi connectivity index (χ4v) is 3.97. The van der Waals surface area contributed by atoms with Crippen molar-refractivity contribution < 1.29 is 9.59 Å². The lowest BCUT2D eigenvalue weighted by Crippen LogP contribution is -2.41. The highest BCUT2D eigenvalue weighted by Crippen LogP contribution is 2.24. The first-order chi connectivity index (χ1) is 13.7. The van der Waals surface area contributed by atoms with E-state index in [4.69, 9.17) is 0 Å². The number of piperidine rings is 1. The number of nitrogens with one attached hydrogen (secondary N) is 2. The maximum Gasteiger partial charge on any atom is 0.313 e. The third-order valence-electron chi connectivity index (χ3n) is 4.97. The summed E-state index contributed by atoms with van der Waals surface area (Å²) >= 11 is 1.78. The lowest BCUT2D eigenvalue weighted by atomic mass is 9.96. The molecule has 0 bridgehead atoms. The van der Waals surface area contributed by atoms with Gasteiger partial charge in [0.1, 0.15) is 0 Å². The van der Waals surface area contributed by atoms with Gasteiger partial charge in [0.25, 0.3) is 0 Å². The molecule has 2 amide bonds. The summed E-state index contributed by atoms with van der Waals surface area (Å²) in [5, 5.41) is 5.31. The number of nitrogens with zero attached hydrogens (tertiary/aromatic N) is 2. The van der Waals surface area contributed by atoms with Gasteiger partial charge in [0, 0.05) is 24.2 Å². The SMILES string of the molecule is CSc1ccccc1CN1CCC(CNC(=O)C(=O)Nc2cccnc2)CC1. The number of carbonyl (C=O) groups is 2. The molecule has 0 spiro atoms. The van der Waals surface area contributed by atoms with Crippen molar-refractivity contribution in [3.05, 3.63) is 54.4 Å². The van der Waals surface area contributed by atoms with Gasteiger partial charge in [-0.3, -0.25) is 19.5 Å². The Bertz CT molecular complexity index is 792. The first-order valence-electron chi connectivity index (χ1n) is 9.49. The second kappa shape index (κ2) is 10.2. The van der Waals surface area contributed by atoms with E-state index >= 15 is 0 Å². The van der Waals surface area contributed by atoms with E-state index in [2.05, 4.69) is 51.0 Å². The molecular formula is C21H26N4O2S. The molecule has 6 nitrogen and oxygen atoms in total. The fourth-order valence-electron chi connectivity index (χ4n) is 3.37. The van der Waals surface area contributed by atoms with Crippen LogP contribution in [-0.4, -0.2) is 47.6 Å². The van der Waals surface area contributed by atoms with E-state index in [0.717, 1.165) is 32.5 Å². The highest BCUT2D eigenvalue weighted by Gasteiger charge is 2.22. The van der Waals surface area contributed by atoms with Crippen LogP contribution in [0.5, 0.6) is 0 Å². The average Bonchev–Trinajstić information content (AvgIpc) is 2.74. The first-order valence-corrected chi connectivity index (χ1v) is 10.7. The number of likely N-dealkylation sites (tertiary alicyclic amines) is 1. The highest BCUT2D eigenvalue weighted by molar-refractivity contribution is 7.98. The number of amides is 2. The number of hydrogen-bond acceptors (Lipinski definition) is 5. The molecule has 148 valence electrons. The zero-order chi connectivity index (χ0) is 19.8. The molecule has 1 aliphatic rings. The summed E-state index contributed by atoms with van der Waals surface area (Å²) in [6, 6.07) is 11.9.